The number of piperidine rings is 1. The van der Waals surface area contributed by atoms with Crippen molar-refractivity contribution in [3.63, 3.8) is 0 Å². The van der Waals surface area contributed by atoms with Crippen molar-refractivity contribution in [1.29, 1.82) is 0 Å². The van der Waals surface area contributed by atoms with Crippen LogP contribution in [0.2, 0.25) is 0 Å². The highest BCUT2D eigenvalue weighted by Gasteiger charge is 2.57. The van der Waals surface area contributed by atoms with Gasteiger partial charge in [0.25, 0.3) is 0 Å². The van der Waals surface area contributed by atoms with Gasteiger partial charge in [-0.2, -0.15) is 0 Å². The number of benzene rings is 2. The largest absolute Gasteiger partial charge is 0.467 e. The highest BCUT2D eigenvalue weighted by atomic mass is 16.5. The van der Waals surface area contributed by atoms with Crippen molar-refractivity contribution >= 4 is 28.5 Å². The normalized spacial score (nSPS) is 19.8. The van der Waals surface area contributed by atoms with Gasteiger partial charge in [0.1, 0.15) is 0 Å². The Bertz CT molecular complexity index is 904. The maximum Gasteiger partial charge on any atom is 0.332 e. The first kappa shape index (κ1) is 20.1. The average Bonchev–Trinajstić information content (AvgIpc) is 2.58. The molecular formula is C22H29N3O3. The number of urea groups is 1. The van der Waals surface area contributed by atoms with Crippen LogP contribution in [0, 0.1) is 0 Å². The summed E-state index contributed by atoms with van der Waals surface area (Å²) in [5.74, 6) is -0.456. The van der Waals surface area contributed by atoms with Crippen molar-refractivity contribution in [3.05, 3.63) is 42.5 Å². The van der Waals surface area contributed by atoms with E-state index in [9.17, 15) is 9.59 Å². The van der Waals surface area contributed by atoms with Gasteiger partial charge in [0, 0.05) is 16.8 Å². The molecule has 0 bridgehead atoms. The Kier molecular flexibility index (Phi) is 4.88. The van der Waals surface area contributed by atoms with Gasteiger partial charge in [-0.25, -0.2) is 9.59 Å². The van der Waals surface area contributed by atoms with Crippen LogP contribution in [-0.2, 0) is 9.53 Å². The Morgan fingerprint density at radius 1 is 1.00 bits per heavy atom. The maximum atomic E-state index is 13.1. The maximum absolute atomic E-state index is 13.1. The number of primary amides is 1. The smallest absolute Gasteiger partial charge is 0.332 e. The Morgan fingerprint density at radius 2 is 1.57 bits per heavy atom. The SMILES string of the molecule is COC(=O)C1(N(C(N)=O)c2ccc3ccccc3c2)CC(C)(C)NC(C)(C)C1. The first-order chi connectivity index (χ1) is 13.0. The molecule has 6 heteroatoms. The van der Waals surface area contributed by atoms with Crippen molar-refractivity contribution in [2.75, 3.05) is 12.0 Å². The molecule has 2 amide bonds. The lowest BCUT2D eigenvalue weighted by Gasteiger charge is -2.54. The summed E-state index contributed by atoms with van der Waals surface area (Å²) in [6.45, 7) is 8.08. The zero-order valence-electron chi connectivity index (χ0n) is 17.2. The summed E-state index contributed by atoms with van der Waals surface area (Å²) in [5, 5.41) is 5.57. The van der Waals surface area contributed by atoms with E-state index in [1.807, 2.05) is 70.2 Å². The fourth-order valence-electron chi connectivity index (χ4n) is 5.01. The molecule has 2 aromatic rings. The number of carbonyl (C=O) groups excluding carboxylic acids is 2. The van der Waals surface area contributed by atoms with E-state index in [-0.39, 0.29) is 0 Å². The van der Waals surface area contributed by atoms with Crippen LogP contribution in [0.3, 0.4) is 0 Å². The number of carbonyl (C=O) groups is 2. The predicted octanol–water partition coefficient (Wildman–Crippen LogP) is 3.58. The van der Waals surface area contributed by atoms with Crippen molar-refractivity contribution in [3.8, 4) is 0 Å². The van der Waals surface area contributed by atoms with Gasteiger partial charge in [0.05, 0.1) is 7.11 Å². The lowest BCUT2D eigenvalue weighted by Crippen LogP contribution is -2.72. The van der Waals surface area contributed by atoms with Gasteiger partial charge in [-0.3, -0.25) is 4.90 Å². The standard InChI is InChI=1S/C22H29N3O3/c1-20(2)13-22(18(26)28-5,14-21(3,4)24-20)25(19(23)27)17-11-10-15-8-6-7-9-16(15)12-17/h6-12,24H,13-14H2,1-5H3,(H2,23,27). The molecule has 1 aliphatic rings. The van der Waals surface area contributed by atoms with Gasteiger partial charge >= 0.3 is 12.0 Å². The van der Waals surface area contributed by atoms with E-state index in [4.69, 9.17) is 10.5 Å². The number of anilines is 1. The van der Waals surface area contributed by atoms with E-state index in [0.29, 0.717) is 18.5 Å². The molecule has 0 spiro atoms. The predicted molar refractivity (Wildman–Crippen MR) is 111 cm³/mol. The Balaban J connectivity index is 2.22. The van der Waals surface area contributed by atoms with Crippen molar-refractivity contribution in [1.82, 2.24) is 5.32 Å². The highest BCUT2D eigenvalue weighted by Crippen LogP contribution is 2.43. The summed E-state index contributed by atoms with van der Waals surface area (Å²) in [6.07, 6.45) is 0.762. The van der Waals surface area contributed by atoms with Crippen molar-refractivity contribution < 1.29 is 14.3 Å². The van der Waals surface area contributed by atoms with E-state index in [0.717, 1.165) is 10.8 Å². The average molecular weight is 383 g/mol. The summed E-state index contributed by atoms with van der Waals surface area (Å²) in [6, 6.07) is 12.9. The summed E-state index contributed by atoms with van der Waals surface area (Å²) < 4.78 is 5.20. The number of nitrogens with zero attached hydrogens (tertiary/aromatic N) is 1. The minimum absolute atomic E-state index is 0.381. The number of methoxy groups -OCH3 is 1. The number of esters is 1. The number of nitrogens with two attached hydrogens (primary N) is 1. The number of rotatable bonds is 3. The third-order valence-electron chi connectivity index (χ3n) is 5.35. The van der Waals surface area contributed by atoms with E-state index >= 15 is 0 Å². The van der Waals surface area contributed by atoms with Gasteiger partial charge in [0.15, 0.2) is 5.54 Å². The van der Waals surface area contributed by atoms with E-state index < -0.39 is 28.6 Å². The summed E-state index contributed by atoms with van der Waals surface area (Å²) in [7, 11) is 1.35. The molecule has 3 N–H and O–H groups in total. The number of ether oxygens (including phenoxy) is 1. The lowest BCUT2D eigenvalue weighted by atomic mass is 9.69. The second kappa shape index (κ2) is 6.78. The molecule has 1 heterocycles. The van der Waals surface area contributed by atoms with Crippen LogP contribution in [0.1, 0.15) is 40.5 Å². The monoisotopic (exact) mass is 383 g/mol. The molecule has 0 atom stereocenters. The molecule has 1 saturated heterocycles. The zero-order chi connectivity index (χ0) is 20.7. The fraction of sp³-hybridized carbons (Fsp3) is 0.455. The number of fused-ring (bicyclic) bond motifs is 1. The van der Waals surface area contributed by atoms with Crippen LogP contribution in [0.5, 0.6) is 0 Å². The number of hydrogen-bond acceptors (Lipinski definition) is 4. The molecular weight excluding hydrogens is 354 g/mol. The van der Waals surface area contributed by atoms with Gasteiger partial charge < -0.3 is 15.8 Å². The van der Waals surface area contributed by atoms with Crippen LogP contribution in [0.4, 0.5) is 10.5 Å². The Hall–Kier alpha value is -2.60. The first-order valence-electron chi connectivity index (χ1n) is 9.46. The van der Waals surface area contributed by atoms with Crippen LogP contribution in [-0.4, -0.2) is 35.7 Å². The molecule has 3 rings (SSSR count). The topological polar surface area (TPSA) is 84.7 Å². The molecule has 0 aliphatic carbocycles. The molecule has 0 aromatic heterocycles. The molecule has 1 aliphatic heterocycles. The quantitative estimate of drug-likeness (QED) is 0.794. The third-order valence-corrected chi connectivity index (χ3v) is 5.35. The minimum atomic E-state index is -1.21. The third kappa shape index (κ3) is 3.56. The van der Waals surface area contributed by atoms with E-state index in [1.54, 1.807) is 0 Å². The van der Waals surface area contributed by atoms with Crippen LogP contribution < -0.4 is 16.0 Å². The molecule has 1 fully saturated rings. The summed E-state index contributed by atoms with van der Waals surface area (Å²) >= 11 is 0. The second-order valence-electron chi connectivity index (χ2n) is 8.97. The van der Waals surface area contributed by atoms with Crippen molar-refractivity contribution in [2.45, 2.75) is 57.2 Å². The first-order valence-corrected chi connectivity index (χ1v) is 9.46. The number of hydrogen-bond donors (Lipinski definition) is 2. The minimum Gasteiger partial charge on any atom is -0.467 e. The Labute approximate surface area is 166 Å². The summed E-state index contributed by atoms with van der Waals surface area (Å²) in [4.78, 5) is 27.3. The molecule has 150 valence electrons. The fourth-order valence-corrected chi connectivity index (χ4v) is 5.01. The number of amides is 2. The molecule has 28 heavy (non-hydrogen) atoms. The second-order valence-corrected chi connectivity index (χ2v) is 8.97. The van der Waals surface area contributed by atoms with Gasteiger partial charge in [-0.15, -0.1) is 0 Å². The molecule has 0 radical (unpaired) electrons. The lowest BCUT2D eigenvalue weighted by molar-refractivity contribution is -0.150. The number of nitrogens with one attached hydrogen (secondary N) is 1. The van der Waals surface area contributed by atoms with E-state index in [1.165, 1.54) is 12.0 Å². The molecule has 0 unspecified atom stereocenters. The molecule has 0 saturated carbocycles. The van der Waals surface area contributed by atoms with E-state index in [2.05, 4.69) is 5.32 Å². The van der Waals surface area contributed by atoms with Crippen LogP contribution >= 0.6 is 0 Å². The highest BCUT2D eigenvalue weighted by molar-refractivity contribution is 6.02. The zero-order valence-corrected chi connectivity index (χ0v) is 17.2. The van der Waals surface area contributed by atoms with Crippen LogP contribution in [0.25, 0.3) is 10.8 Å². The van der Waals surface area contributed by atoms with Gasteiger partial charge in [0.2, 0.25) is 0 Å². The summed E-state index contributed by atoms with van der Waals surface area (Å²) in [5.41, 5.74) is 4.43. The van der Waals surface area contributed by atoms with Gasteiger partial charge in [-0.1, -0.05) is 30.3 Å². The molecule has 2 aromatic carbocycles. The molecule has 6 nitrogen and oxygen atoms in total. The van der Waals surface area contributed by atoms with Crippen LogP contribution in [0.15, 0.2) is 42.5 Å². The Morgan fingerprint density at radius 3 is 2.11 bits per heavy atom. The van der Waals surface area contributed by atoms with Gasteiger partial charge in [-0.05, 0) is 63.4 Å². The van der Waals surface area contributed by atoms with Crippen molar-refractivity contribution in [2.24, 2.45) is 5.73 Å².